The van der Waals surface area contributed by atoms with Gasteiger partial charge in [0.05, 0.1) is 0 Å². The summed E-state index contributed by atoms with van der Waals surface area (Å²) in [6, 6.07) is 5.11. The fourth-order valence-electron chi connectivity index (χ4n) is 0.900. The average molecular weight is 177 g/mol. The third kappa shape index (κ3) is 2.21. The number of phenolic OH excluding ortho intramolecular Hbond substituents is 1. The fourth-order valence-corrected chi connectivity index (χ4v) is 0.900. The van der Waals surface area contributed by atoms with Crippen LogP contribution in [0.5, 0.6) is 5.75 Å². The maximum atomic E-state index is 10.5. The lowest BCUT2D eigenvalue weighted by Gasteiger charge is -2.02. The molecule has 5 heteroatoms. The summed E-state index contributed by atoms with van der Waals surface area (Å²) in [5.41, 5.74) is 8.69. The lowest BCUT2D eigenvalue weighted by Crippen LogP contribution is -1.94. The van der Waals surface area contributed by atoms with E-state index in [0.717, 1.165) is 0 Å². The van der Waals surface area contributed by atoms with E-state index in [1.165, 1.54) is 24.3 Å². The number of carbonyl (C=O) groups is 1. The topological polar surface area (TPSA) is 86.1 Å². The molecule has 0 heterocycles. The summed E-state index contributed by atoms with van der Waals surface area (Å²) in [5.74, 6) is 0.106. The predicted octanol–water partition coefficient (Wildman–Crippen LogP) is 1.94. The van der Waals surface area contributed by atoms with E-state index in [-0.39, 0.29) is 5.75 Å². The molecule has 0 aliphatic carbocycles. The summed E-state index contributed by atoms with van der Waals surface area (Å²) in [4.78, 5) is 13.0. The first-order valence-electron chi connectivity index (χ1n) is 3.56. The van der Waals surface area contributed by atoms with Gasteiger partial charge >= 0.3 is 0 Å². The minimum atomic E-state index is -0.814. The van der Waals surface area contributed by atoms with Crippen molar-refractivity contribution in [3.63, 3.8) is 0 Å². The van der Waals surface area contributed by atoms with Crippen LogP contribution in [0.15, 0.2) is 29.4 Å². The third-order valence-electron chi connectivity index (χ3n) is 1.54. The van der Waals surface area contributed by atoms with Gasteiger partial charge in [-0.05, 0) is 23.2 Å². The van der Waals surface area contributed by atoms with Crippen LogP contribution in [0.4, 0.5) is 0 Å². The number of hydrogen-bond donors (Lipinski definition) is 1. The number of benzene rings is 1. The van der Waals surface area contributed by atoms with Gasteiger partial charge in [-0.3, -0.25) is 0 Å². The fraction of sp³-hybridized carbons (Fsp3) is 0.125. The van der Waals surface area contributed by atoms with E-state index in [0.29, 0.717) is 11.8 Å². The minimum Gasteiger partial charge on any atom is -0.508 e. The van der Waals surface area contributed by atoms with Crippen LogP contribution in [0.25, 0.3) is 10.4 Å². The summed E-state index contributed by atoms with van der Waals surface area (Å²) in [7, 11) is 0. The Kier molecular flexibility index (Phi) is 2.89. The van der Waals surface area contributed by atoms with Crippen LogP contribution in [0, 0.1) is 0 Å². The Hall–Kier alpha value is -2.00. The van der Waals surface area contributed by atoms with E-state index in [9.17, 15) is 4.79 Å². The van der Waals surface area contributed by atoms with Crippen LogP contribution in [-0.2, 0) is 4.79 Å². The van der Waals surface area contributed by atoms with Crippen molar-refractivity contribution in [3.8, 4) is 5.75 Å². The second-order valence-electron chi connectivity index (χ2n) is 2.38. The van der Waals surface area contributed by atoms with Crippen molar-refractivity contribution in [2.24, 2.45) is 5.11 Å². The molecule has 0 bridgehead atoms. The van der Waals surface area contributed by atoms with Crippen molar-refractivity contribution in [3.05, 3.63) is 40.3 Å². The Morgan fingerprint density at radius 3 is 2.54 bits per heavy atom. The van der Waals surface area contributed by atoms with Gasteiger partial charge in [0.2, 0.25) is 0 Å². The molecule has 0 amide bonds. The quantitative estimate of drug-likeness (QED) is 0.331. The van der Waals surface area contributed by atoms with Crippen molar-refractivity contribution in [2.75, 3.05) is 0 Å². The van der Waals surface area contributed by atoms with Gasteiger partial charge in [0.15, 0.2) is 0 Å². The summed E-state index contributed by atoms with van der Waals surface area (Å²) in [6.45, 7) is 0. The maximum absolute atomic E-state index is 10.5. The Morgan fingerprint density at radius 1 is 1.46 bits per heavy atom. The first-order valence-corrected chi connectivity index (χ1v) is 3.56. The van der Waals surface area contributed by atoms with Crippen molar-refractivity contribution in [1.82, 2.24) is 0 Å². The SMILES string of the molecule is [N-]=[N+]=NC(C=O)c1ccc(O)cc1. The number of nitrogens with zero attached hydrogens (tertiary/aromatic N) is 3. The van der Waals surface area contributed by atoms with Gasteiger partial charge < -0.3 is 9.90 Å². The van der Waals surface area contributed by atoms with Gasteiger partial charge in [-0.1, -0.05) is 17.2 Å². The van der Waals surface area contributed by atoms with E-state index in [1.54, 1.807) is 0 Å². The molecule has 0 aliphatic rings. The summed E-state index contributed by atoms with van der Waals surface area (Å²) < 4.78 is 0. The largest absolute Gasteiger partial charge is 0.508 e. The molecule has 5 nitrogen and oxygen atoms in total. The summed E-state index contributed by atoms with van der Waals surface area (Å²) in [5, 5.41) is 12.2. The number of aldehydes is 1. The van der Waals surface area contributed by atoms with Crippen LogP contribution >= 0.6 is 0 Å². The highest BCUT2D eigenvalue weighted by Gasteiger charge is 2.06. The molecule has 0 spiro atoms. The van der Waals surface area contributed by atoms with Gasteiger partial charge in [0, 0.05) is 4.91 Å². The molecule has 0 saturated heterocycles. The second kappa shape index (κ2) is 4.13. The van der Waals surface area contributed by atoms with Crippen LogP contribution in [0.3, 0.4) is 0 Å². The highest BCUT2D eigenvalue weighted by molar-refractivity contribution is 5.61. The highest BCUT2D eigenvalue weighted by Crippen LogP contribution is 2.18. The monoisotopic (exact) mass is 177 g/mol. The van der Waals surface area contributed by atoms with Gasteiger partial charge in [-0.15, -0.1) is 0 Å². The molecule has 0 aromatic heterocycles. The molecule has 1 N–H and O–H groups in total. The lowest BCUT2D eigenvalue weighted by molar-refractivity contribution is -0.108. The highest BCUT2D eigenvalue weighted by atomic mass is 16.3. The molecular weight excluding hydrogens is 170 g/mol. The van der Waals surface area contributed by atoms with E-state index in [1.807, 2.05) is 0 Å². The Balaban J connectivity index is 2.98. The zero-order valence-corrected chi connectivity index (χ0v) is 6.66. The standard InChI is InChI=1S/C8H7N3O2/c9-11-10-8(5-12)6-1-3-7(13)4-2-6/h1-5,8,13H. The number of hydrogen-bond acceptors (Lipinski definition) is 3. The van der Waals surface area contributed by atoms with Gasteiger partial charge in [-0.2, -0.15) is 0 Å². The molecule has 1 unspecified atom stereocenters. The predicted molar refractivity (Wildman–Crippen MR) is 46.1 cm³/mol. The normalized spacial score (nSPS) is 11.4. The first-order chi connectivity index (χ1) is 6.27. The minimum absolute atomic E-state index is 0.106. The Bertz CT molecular complexity index is 341. The van der Waals surface area contributed by atoms with Gasteiger partial charge in [0.25, 0.3) is 0 Å². The van der Waals surface area contributed by atoms with Crippen LogP contribution < -0.4 is 0 Å². The Labute approximate surface area is 74.3 Å². The van der Waals surface area contributed by atoms with Gasteiger partial charge in [0.1, 0.15) is 18.1 Å². The lowest BCUT2D eigenvalue weighted by atomic mass is 10.1. The van der Waals surface area contributed by atoms with E-state index < -0.39 is 6.04 Å². The molecular formula is C8H7N3O2. The molecule has 1 atom stereocenters. The number of azide groups is 1. The smallest absolute Gasteiger partial charge is 0.133 e. The number of rotatable bonds is 3. The van der Waals surface area contributed by atoms with Crippen molar-refractivity contribution in [2.45, 2.75) is 6.04 Å². The van der Waals surface area contributed by atoms with Crippen molar-refractivity contribution in [1.29, 1.82) is 0 Å². The molecule has 0 fully saturated rings. The molecule has 13 heavy (non-hydrogen) atoms. The van der Waals surface area contributed by atoms with Crippen molar-refractivity contribution >= 4 is 6.29 Å². The number of carbonyl (C=O) groups excluding carboxylic acids is 1. The number of phenols is 1. The Morgan fingerprint density at radius 2 is 2.08 bits per heavy atom. The molecule has 0 saturated carbocycles. The van der Waals surface area contributed by atoms with Gasteiger partial charge in [-0.25, -0.2) is 0 Å². The molecule has 0 radical (unpaired) electrons. The zero-order chi connectivity index (χ0) is 9.68. The molecule has 66 valence electrons. The zero-order valence-electron chi connectivity index (χ0n) is 6.66. The summed E-state index contributed by atoms with van der Waals surface area (Å²) >= 11 is 0. The van der Waals surface area contributed by atoms with E-state index in [4.69, 9.17) is 10.6 Å². The van der Waals surface area contributed by atoms with Crippen LogP contribution in [-0.4, -0.2) is 11.4 Å². The molecule has 1 aromatic carbocycles. The van der Waals surface area contributed by atoms with Crippen LogP contribution in [0.1, 0.15) is 11.6 Å². The van der Waals surface area contributed by atoms with Crippen LogP contribution in [0.2, 0.25) is 0 Å². The third-order valence-corrected chi connectivity index (χ3v) is 1.54. The summed E-state index contributed by atoms with van der Waals surface area (Å²) in [6.07, 6.45) is 0.548. The maximum Gasteiger partial charge on any atom is 0.133 e. The van der Waals surface area contributed by atoms with E-state index >= 15 is 0 Å². The average Bonchev–Trinajstić information content (AvgIpc) is 2.16. The molecule has 1 rings (SSSR count). The number of aromatic hydroxyl groups is 1. The van der Waals surface area contributed by atoms with Crippen molar-refractivity contribution < 1.29 is 9.90 Å². The van der Waals surface area contributed by atoms with E-state index in [2.05, 4.69) is 10.0 Å². The first kappa shape index (κ1) is 9.09. The molecule has 1 aromatic rings. The molecule has 0 aliphatic heterocycles. The second-order valence-corrected chi connectivity index (χ2v) is 2.38.